The zero-order valence-corrected chi connectivity index (χ0v) is 20.9. The molecule has 182 valence electrons. The van der Waals surface area contributed by atoms with Crippen LogP contribution in [0.5, 0.6) is 0 Å². The summed E-state index contributed by atoms with van der Waals surface area (Å²) < 4.78 is 17.6. The number of fused-ring (bicyclic) bond motifs is 3. The van der Waals surface area contributed by atoms with Crippen LogP contribution >= 0.6 is 35.3 Å². The van der Waals surface area contributed by atoms with E-state index in [2.05, 4.69) is 0 Å². The molecule has 1 N–H and O–H groups in total. The van der Waals surface area contributed by atoms with Crippen LogP contribution in [-0.2, 0) is 29.1 Å². The van der Waals surface area contributed by atoms with Crippen LogP contribution in [0.1, 0.15) is 29.0 Å². The van der Waals surface area contributed by atoms with Gasteiger partial charge in [-0.25, -0.2) is 4.39 Å². The van der Waals surface area contributed by atoms with E-state index in [1.807, 2.05) is 32.6 Å². The van der Waals surface area contributed by atoms with Gasteiger partial charge >= 0.3 is 5.97 Å². The van der Waals surface area contributed by atoms with E-state index in [9.17, 15) is 19.1 Å². The average molecular weight is 526 g/mol. The third-order valence-electron chi connectivity index (χ3n) is 6.82. The van der Waals surface area contributed by atoms with E-state index in [1.165, 1.54) is 17.4 Å². The van der Waals surface area contributed by atoms with Gasteiger partial charge in [0.25, 0.3) is 0 Å². The second kappa shape index (κ2) is 10.2. The maximum absolute atomic E-state index is 14.9. The number of aliphatic carboxylic acids is 1. The highest BCUT2D eigenvalue weighted by Crippen LogP contribution is 2.34. The maximum Gasteiger partial charge on any atom is 0.306 e. The summed E-state index contributed by atoms with van der Waals surface area (Å²) in [7, 11) is 0. The second-order valence-corrected chi connectivity index (χ2v) is 10.6. The van der Waals surface area contributed by atoms with Gasteiger partial charge in [0, 0.05) is 22.5 Å². The number of benzene rings is 1. The lowest BCUT2D eigenvalue weighted by molar-refractivity contribution is -0.143. The number of rotatable bonds is 5. The first-order valence-corrected chi connectivity index (χ1v) is 12.4. The van der Waals surface area contributed by atoms with Crippen LogP contribution in [0.3, 0.4) is 0 Å². The summed E-state index contributed by atoms with van der Waals surface area (Å²) in [5.74, 6) is -1.29. The molecular weight excluding hydrogens is 500 g/mol. The lowest BCUT2D eigenvalue weighted by Gasteiger charge is -2.33. The van der Waals surface area contributed by atoms with E-state index in [1.54, 1.807) is 6.07 Å². The predicted molar refractivity (Wildman–Crippen MR) is 133 cm³/mol. The molecule has 3 aromatic rings. The Morgan fingerprint density at radius 1 is 1.15 bits per heavy atom. The number of halogens is 3. The number of thiophene rings is 1. The van der Waals surface area contributed by atoms with Crippen molar-refractivity contribution in [2.24, 2.45) is 5.92 Å². The van der Waals surface area contributed by atoms with E-state index in [0.717, 1.165) is 21.5 Å². The second-order valence-electron chi connectivity index (χ2n) is 8.81. The van der Waals surface area contributed by atoms with Gasteiger partial charge in [-0.3, -0.25) is 14.5 Å². The van der Waals surface area contributed by atoms with Gasteiger partial charge in [0.1, 0.15) is 5.82 Å². The minimum atomic E-state index is -0.753. The normalized spacial score (nSPS) is 16.9. The Morgan fingerprint density at radius 2 is 1.91 bits per heavy atom. The Morgan fingerprint density at radius 3 is 2.59 bits per heavy atom. The predicted octanol–water partition coefficient (Wildman–Crippen LogP) is 4.65. The van der Waals surface area contributed by atoms with Gasteiger partial charge in [-0.2, -0.15) is 0 Å². The van der Waals surface area contributed by atoms with E-state index >= 15 is 0 Å². The third-order valence-corrected chi connectivity index (χ3v) is 8.04. The maximum atomic E-state index is 14.9. The van der Waals surface area contributed by atoms with Gasteiger partial charge in [-0.1, -0.05) is 23.7 Å². The molecule has 0 unspecified atom stereocenters. The number of carboxylic acids is 1. The van der Waals surface area contributed by atoms with Crippen molar-refractivity contribution < 1.29 is 19.1 Å². The standard InChI is InChI=1S/C24H25ClFN3O3S.ClH/c25-21-5-4-16(33-21)12-29-20-13-28(11-8-17(20)18-2-1-3-19(26)23(18)29)22(30)14-27-9-6-15(7-10-27)24(31)32;/h1-5,15H,6-14H2,(H,31,32);1H. The molecule has 5 rings (SSSR count). The van der Waals surface area contributed by atoms with Crippen LogP contribution in [0.4, 0.5) is 4.39 Å². The Bertz CT molecular complexity index is 1220. The Kier molecular flexibility index (Phi) is 7.52. The van der Waals surface area contributed by atoms with Crippen LogP contribution < -0.4 is 0 Å². The van der Waals surface area contributed by atoms with Crippen molar-refractivity contribution in [1.82, 2.24) is 14.4 Å². The number of likely N-dealkylation sites (tertiary alicyclic amines) is 1. The van der Waals surface area contributed by atoms with Crippen molar-refractivity contribution >= 4 is 58.1 Å². The molecular formula is C24H26Cl2FN3O3S. The lowest BCUT2D eigenvalue weighted by atomic mass is 9.97. The molecule has 0 aliphatic carbocycles. The topological polar surface area (TPSA) is 65.8 Å². The van der Waals surface area contributed by atoms with Crippen LogP contribution in [-0.4, -0.2) is 57.5 Å². The van der Waals surface area contributed by atoms with Gasteiger partial charge in [-0.15, -0.1) is 23.7 Å². The lowest BCUT2D eigenvalue weighted by Crippen LogP contribution is -2.45. The molecule has 6 nitrogen and oxygen atoms in total. The number of carboxylic acid groups (broad SMARTS) is 1. The number of para-hydroxylation sites is 1. The fraction of sp³-hybridized carbons (Fsp3) is 0.417. The molecule has 2 aliphatic heterocycles. The number of hydrogen-bond donors (Lipinski definition) is 1. The fourth-order valence-electron chi connectivity index (χ4n) is 5.06. The molecule has 4 heterocycles. The van der Waals surface area contributed by atoms with Gasteiger partial charge in [0.2, 0.25) is 5.91 Å². The van der Waals surface area contributed by atoms with Crippen LogP contribution in [0.25, 0.3) is 10.9 Å². The summed E-state index contributed by atoms with van der Waals surface area (Å²) in [6.45, 7) is 3.06. The van der Waals surface area contributed by atoms with Gasteiger partial charge in [-0.05, 0) is 56.1 Å². The third kappa shape index (κ3) is 4.82. The summed E-state index contributed by atoms with van der Waals surface area (Å²) >= 11 is 7.60. The zero-order valence-electron chi connectivity index (χ0n) is 18.5. The first-order valence-electron chi connectivity index (χ1n) is 11.2. The van der Waals surface area contributed by atoms with E-state index in [0.29, 0.717) is 61.8 Å². The van der Waals surface area contributed by atoms with Crippen molar-refractivity contribution in [2.75, 3.05) is 26.2 Å². The molecule has 0 saturated carbocycles. The molecule has 1 aromatic carbocycles. The molecule has 10 heteroatoms. The zero-order chi connectivity index (χ0) is 23.1. The molecule has 0 spiro atoms. The Hall–Kier alpha value is -2.13. The highest BCUT2D eigenvalue weighted by Gasteiger charge is 2.30. The van der Waals surface area contributed by atoms with Crippen molar-refractivity contribution in [1.29, 1.82) is 0 Å². The van der Waals surface area contributed by atoms with Crippen molar-refractivity contribution in [3.63, 3.8) is 0 Å². The number of hydrogen-bond acceptors (Lipinski definition) is 4. The minimum absolute atomic E-state index is 0. The molecule has 2 aliphatic rings. The molecule has 0 bridgehead atoms. The molecule has 2 aromatic heterocycles. The largest absolute Gasteiger partial charge is 0.481 e. The number of amides is 1. The number of aromatic nitrogens is 1. The van der Waals surface area contributed by atoms with Crippen LogP contribution in [0.15, 0.2) is 30.3 Å². The highest BCUT2D eigenvalue weighted by atomic mass is 35.5. The van der Waals surface area contributed by atoms with Gasteiger partial charge < -0.3 is 14.6 Å². The summed E-state index contributed by atoms with van der Waals surface area (Å²) in [5, 5.41) is 10.1. The molecule has 1 saturated heterocycles. The minimum Gasteiger partial charge on any atom is -0.481 e. The summed E-state index contributed by atoms with van der Waals surface area (Å²) in [4.78, 5) is 29.2. The van der Waals surface area contributed by atoms with E-state index in [4.69, 9.17) is 11.6 Å². The van der Waals surface area contributed by atoms with Crippen LogP contribution in [0.2, 0.25) is 4.34 Å². The molecule has 1 amide bonds. The first kappa shape index (κ1) is 25.0. The number of carbonyl (C=O) groups excluding carboxylic acids is 1. The van der Waals surface area contributed by atoms with Gasteiger partial charge in [0.05, 0.1) is 35.4 Å². The summed E-state index contributed by atoms with van der Waals surface area (Å²) in [6.07, 6.45) is 1.83. The van der Waals surface area contributed by atoms with Crippen molar-refractivity contribution in [2.45, 2.75) is 32.4 Å². The van der Waals surface area contributed by atoms with Crippen molar-refractivity contribution in [3.05, 3.63) is 56.6 Å². The van der Waals surface area contributed by atoms with E-state index in [-0.39, 0.29) is 36.6 Å². The molecule has 0 radical (unpaired) electrons. The molecule has 1 fully saturated rings. The monoisotopic (exact) mass is 525 g/mol. The smallest absolute Gasteiger partial charge is 0.306 e. The average Bonchev–Trinajstić information content (AvgIpc) is 3.35. The van der Waals surface area contributed by atoms with Gasteiger partial charge in [0.15, 0.2) is 0 Å². The number of nitrogens with zero attached hydrogens (tertiary/aromatic N) is 3. The summed E-state index contributed by atoms with van der Waals surface area (Å²) in [6, 6.07) is 8.98. The Labute approximate surface area is 212 Å². The quantitative estimate of drug-likeness (QED) is 0.526. The van der Waals surface area contributed by atoms with Crippen molar-refractivity contribution in [3.8, 4) is 0 Å². The van der Waals surface area contributed by atoms with E-state index < -0.39 is 5.97 Å². The summed E-state index contributed by atoms with van der Waals surface area (Å²) in [5.41, 5.74) is 2.67. The number of piperidine rings is 1. The molecule has 0 atom stereocenters. The fourth-order valence-corrected chi connectivity index (χ4v) is 6.14. The highest BCUT2D eigenvalue weighted by molar-refractivity contribution is 7.16. The molecule has 34 heavy (non-hydrogen) atoms. The SMILES string of the molecule is Cl.O=C(O)C1CCN(CC(=O)N2CCc3c(n(Cc4ccc(Cl)s4)c4c(F)cccc34)C2)CC1. The number of carbonyl (C=O) groups is 2. The Balaban J connectivity index is 0.00000274. The van der Waals surface area contributed by atoms with Crippen LogP contribution in [0, 0.1) is 11.7 Å². The first-order chi connectivity index (χ1) is 15.9.